The number of aliphatic carboxylic acids is 1. The highest BCUT2D eigenvalue weighted by Gasteiger charge is 2.19. The summed E-state index contributed by atoms with van der Waals surface area (Å²) in [5.41, 5.74) is 4.94. The number of thioether (sulfide) groups is 1. The fourth-order valence-corrected chi connectivity index (χ4v) is 5.09. The number of hydrogen-bond acceptors (Lipinski definition) is 4. The minimum absolute atomic E-state index is 0.170. The topological polar surface area (TPSA) is 63.6 Å². The molecule has 0 aliphatic carbocycles. The Morgan fingerprint density at radius 2 is 1.35 bits per heavy atom. The van der Waals surface area contributed by atoms with Crippen LogP contribution in [0.2, 0.25) is 0 Å². The molecule has 196 valence electrons. The van der Waals surface area contributed by atoms with Gasteiger partial charge in [0.15, 0.2) is 0 Å². The van der Waals surface area contributed by atoms with Crippen molar-refractivity contribution in [2.45, 2.75) is 57.8 Å². The molecule has 0 bridgehead atoms. The molecular weight excluding hydrogens is 487 g/mol. The number of aryl methyl sites for hydroxylation is 1. The van der Waals surface area contributed by atoms with Crippen LogP contribution in [0.1, 0.15) is 54.5 Å². The molecule has 1 N–H and O–H groups in total. The maximum atomic E-state index is 13.0. The van der Waals surface area contributed by atoms with Gasteiger partial charge in [-0.05, 0) is 77.8 Å². The van der Waals surface area contributed by atoms with Crippen LogP contribution in [0.5, 0.6) is 0 Å². The lowest BCUT2D eigenvalue weighted by atomic mass is 9.97. The summed E-state index contributed by atoms with van der Waals surface area (Å²) in [6, 6.07) is 21.9. The van der Waals surface area contributed by atoms with E-state index in [-0.39, 0.29) is 24.3 Å². The smallest absolute Gasteiger partial charge is 0.316 e. The lowest BCUT2D eigenvalue weighted by Gasteiger charge is -2.14. The summed E-state index contributed by atoms with van der Waals surface area (Å²) >= 11 is 1.38. The van der Waals surface area contributed by atoms with Gasteiger partial charge in [-0.1, -0.05) is 74.5 Å². The minimum Gasteiger partial charge on any atom is -0.480 e. The first kappa shape index (κ1) is 28.5. The van der Waals surface area contributed by atoms with Crippen LogP contribution in [0.3, 0.4) is 0 Å². The quantitative estimate of drug-likeness (QED) is 0.249. The summed E-state index contributed by atoms with van der Waals surface area (Å²) in [6.07, 6.45) is 2.09. The molecular formula is C31H35FO4S. The van der Waals surface area contributed by atoms with E-state index in [0.29, 0.717) is 24.5 Å². The maximum Gasteiger partial charge on any atom is 0.316 e. The van der Waals surface area contributed by atoms with E-state index in [4.69, 9.17) is 4.74 Å². The molecule has 4 nitrogen and oxygen atoms in total. The molecule has 37 heavy (non-hydrogen) atoms. The van der Waals surface area contributed by atoms with Crippen LogP contribution in [-0.2, 0) is 40.2 Å². The molecule has 0 radical (unpaired) electrons. The third-order valence-corrected chi connectivity index (χ3v) is 7.41. The Morgan fingerprint density at radius 1 is 0.811 bits per heavy atom. The third kappa shape index (κ3) is 9.36. The number of esters is 1. The SMILES string of the molecule is CC(C)Cc1ccc(C(C)C(=O)OCc2ccc(CC(SCCc3ccc(F)cc3)C(=O)O)cc2)cc1. The maximum absolute atomic E-state index is 13.0. The van der Waals surface area contributed by atoms with Crippen molar-refractivity contribution in [3.63, 3.8) is 0 Å². The average molecular weight is 523 g/mol. The molecule has 3 aromatic rings. The van der Waals surface area contributed by atoms with E-state index in [1.165, 1.54) is 29.5 Å². The van der Waals surface area contributed by atoms with Gasteiger partial charge in [0.05, 0.1) is 5.92 Å². The molecule has 0 spiro atoms. The summed E-state index contributed by atoms with van der Waals surface area (Å²) in [5, 5.41) is 9.07. The lowest BCUT2D eigenvalue weighted by molar-refractivity contribution is -0.146. The second-order valence-corrected chi connectivity index (χ2v) is 11.1. The molecule has 6 heteroatoms. The molecule has 0 saturated heterocycles. The van der Waals surface area contributed by atoms with E-state index >= 15 is 0 Å². The molecule has 0 aromatic heterocycles. The first-order valence-electron chi connectivity index (χ1n) is 12.6. The van der Waals surface area contributed by atoms with Gasteiger partial charge >= 0.3 is 11.9 Å². The standard InChI is InChI=1S/C31H35FO4S/c1-21(2)18-24-8-12-27(13-9-24)22(3)31(35)36-20-26-6-4-25(5-7-26)19-29(30(33)34)37-17-16-23-10-14-28(32)15-11-23/h4-15,21-22,29H,16-20H2,1-3H3,(H,33,34). The second kappa shape index (κ2) is 14.0. The highest BCUT2D eigenvalue weighted by Crippen LogP contribution is 2.21. The van der Waals surface area contributed by atoms with Crippen molar-refractivity contribution in [3.8, 4) is 0 Å². The zero-order valence-corrected chi connectivity index (χ0v) is 22.5. The van der Waals surface area contributed by atoms with Gasteiger partial charge in [-0.3, -0.25) is 9.59 Å². The Bertz CT molecular complexity index is 1140. The van der Waals surface area contributed by atoms with Crippen LogP contribution >= 0.6 is 11.8 Å². The predicted molar refractivity (Wildman–Crippen MR) is 147 cm³/mol. The Balaban J connectivity index is 1.47. The van der Waals surface area contributed by atoms with E-state index in [1.54, 1.807) is 12.1 Å². The number of carbonyl (C=O) groups is 2. The summed E-state index contributed by atoms with van der Waals surface area (Å²) in [4.78, 5) is 24.3. The second-order valence-electron chi connectivity index (χ2n) is 9.76. The molecule has 3 rings (SSSR count). The monoisotopic (exact) mass is 522 g/mol. The van der Waals surface area contributed by atoms with E-state index in [2.05, 4.69) is 26.0 Å². The zero-order chi connectivity index (χ0) is 26.8. The average Bonchev–Trinajstić information content (AvgIpc) is 2.88. The summed E-state index contributed by atoms with van der Waals surface area (Å²) in [7, 11) is 0. The van der Waals surface area contributed by atoms with Crippen LogP contribution in [0.15, 0.2) is 72.8 Å². The third-order valence-electron chi connectivity index (χ3n) is 6.20. The van der Waals surface area contributed by atoms with Gasteiger partial charge in [0.25, 0.3) is 0 Å². The van der Waals surface area contributed by atoms with Crippen LogP contribution in [0.4, 0.5) is 4.39 Å². The predicted octanol–water partition coefficient (Wildman–Crippen LogP) is 6.84. The minimum atomic E-state index is -0.853. The van der Waals surface area contributed by atoms with Crippen LogP contribution in [0, 0.1) is 11.7 Å². The number of carbonyl (C=O) groups excluding carboxylic acids is 1. The molecule has 0 aliphatic heterocycles. The van der Waals surface area contributed by atoms with Gasteiger partial charge in [-0.25, -0.2) is 4.39 Å². The molecule has 0 fully saturated rings. The Kier molecular flexibility index (Phi) is 10.8. The molecule has 0 aliphatic rings. The molecule has 0 heterocycles. The zero-order valence-electron chi connectivity index (χ0n) is 21.7. The summed E-state index contributed by atoms with van der Waals surface area (Å²) < 4.78 is 18.6. The van der Waals surface area contributed by atoms with Crippen LogP contribution in [-0.4, -0.2) is 28.0 Å². The fourth-order valence-electron chi connectivity index (χ4n) is 4.00. The van der Waals surface area contributed by atoms with Crippen molar-refractivity contribution < 1.29 is 23.8 Å². The Labute approximate surface area is 223 Å². The van der Waals surface area contributed by atoms with Crippen molar-refractivity contribution in [2.75, 3.05) is 5.75 Å². The molecule has 2 atom stereocenters. The highest BCUT2D eigenvalue weighted by molar-refractivity contribution is 8.00. The molecule has 2 unspecified atom stereocenters. The van der Waals surface area contributed by atoms with Gasteiger partial charge in [-0.15, -0.1) is 11.8 Å². The fraction of sp³-hybridized carbons (Fsp3) is 0.355. The number of benzene rings is 3. The van der Waals surface area contributed by atoms with E-state index in [1.807, 2.05) is 43.3 Å². The van der Waals surface area contributed by atoms with Crippen molar-refractivity contribution in [3.05, 3.63) is 106 Å². The normalized spacial score (nSPS) is 12.8. The van der Waals surface area contributed by atoms with E-state index in [9.17, 15) is 19.1 Å². The van der Waals surface area contributed by atoms with Crippen LogP contribution in [0.25, 0.3) is 0 Å². The number of hydrogen-bond donors (Lipinski definition) is 1. The van der Waals surface area contributed by atoms with E-state index < -0.39 is 11.2 Å². The van der Waals surface area contributed by atoms with Crippen molar-refractivity contribution >= 4 is 23.7 Å². The first-order valence-corrected chi connectivity index (χ1v) is 13.7. The number of halogens is 1. The van der Waals surface area contributed by atoms with Gasteiger partial charge < -0.3 is 9.84 Å². The van der Waals surface area contributed by atoms with Gasteiger partial charge in [0.1, 0.15) is 17.7 Å². The van der Waals surface area contributed by atoms with Crippen molar-refractivity contribution in [1.29, 1.82) is 0 Å². The van der Waals surface area contributed by atoms with E-state index in [0.717, 1.165) is 28.7 Å². The molecule has 0 amide bonds. The largest absolute Gasteiger partial charge is 0.480 e. The first-order chi connectivity index (χ1) is 17.7. The van der Waals surface area contributed by atoms with Crippen molar-refractivity contribution in [1.82, 2.24) is 0 Å². The van der Waals surface area contributed by atoms with Crippen molar-refractivity contribution in [2.24, 2.45) is 5.92 Å². The summed E-state index contributed by atoms with van der Waals surface area (Å²) in [6.45, 7) is 6.39. The number of rotatable bonds is 13. The Hall–Kier alpha value is -3.12. The van der Waals surface area contributed by atoms with Gasteiger partial charge in [-0.2, -0.15) is 0 Å². The Morgan fingerprint density at radius 3 is 1.95 bits per heavy atom. The number of ether oxygens (including phenoxy) is 1. The van der Waals surface area contributed by atoms with Gasteiger partial charge in [0, 0.05) is 0 Å². The van der Waals surface area contributed by atoms with Gasteiger partial charge in [0.2, 0.25) is 0 Å². The molecule has 0 saturated carbocycles. The summed E-state index contributed by atoms with van der Waals surface area (Å²) in [5.74, 6) is -0.538. The molecule has 3 aromatic carbocycles. The highest BCUT2D eigenvalue weighted by atomic mass is 32.2. The lowest BCUT2D eigenvalue weighted by Crippen LogP contribution is -2.20. The van der Waals surface area contributed by atoms with Crippen LogP contribution < -0.4 is 0 Å². The number of carboxylic acid groups (broad SMARTS) is 1. The number of carboxylic acids is 1.